The number of nitrogens with one attached hydrogen (secondary N) is 2. The smallest absolute Gasteiger partial charge is 0.289 e. The van der Waals surface area contributed by atoms with Crippen molar-refractivity contribution in [2.24, 2.45) is 5.10 Å². The maximum absolute atomic E-state index is 12.2. The lowest BCUT2D eigenvalue weighted by Crippen LogP contribution is -2.17. The largest absolute Gasteiger partial charge is 0.494 e. The van der Waals surface area contributed by atoms with Crippen LogP contribution in [0.15, 0.2) is 52.9 Å². The van der Waals surface area contributed by atoms with Crippen LogP contribution in [-0.4, -0.2) is 28.9 Å². The highest BCUT2D eigenvalue weighted by molar-refractivity contribution is 7.11. The molecule has 0 saturated heterocycles. The molecule has 1 aromatic carbocycles. The third-order valence-corrected chi connectivity index (χ3v) is 5.45. The summed E-state index contributed by atoms with van der Waals surface area (Å²) in [4.78, 5) is 13.2. The molecule has 0 fully saturated rings. The van der Waals surface area contributed by atoms with Gasteiger partial charge in [0.15, 0.2) is 0 Å². The molecule has 0 unspecified atom stereocenters. The summed E-state index contributed by atoms with van der Waals surface area (Å²) in [5.74, 6) is 0.518. The van der Waals surface area contributed by atoms with Gasteiger partial charge >= 0.3 is 0 Å². The van der Waals surface area contributed by atoms with Gasteiger partial charge in [-0.15, -0.1) is 11.3 Å². The minimum atomic E-state index is -0.333. The topological polar surface area (TPSA) is 79.4 Å². The van der Waals surface area contributed by atoms with Crippen LogP contribution >= 0.6 is 11.3 Å². The van der Waals surface area contributed by atoms with Gasteiger partial charge in [0, 0.05) is 10.4 Å². The van der Waals surface area contributed by atoms with Gasteiger partial charge in [0.1, 0.15) is 11.4 Å². The molecule has 158 valence electrons. The van der Waals surface area contributed by atoms with Crippen LogP contribution in [-0.2, 0) is 0 Å². The zero-order valence-corrected chi connectivity index (χ0v) is 18.1. The fourth-order valence-corrected chi connectivity index (χ4v) is 3.54. The van der Waals surface area contributed by atoms with Gasteiger partial charge in [0.25, 0.3) is 5.91 Å². The van der Waals surface area contributed by atoms with Gasteiger partial charge in [-0.25, -0.2) is 5.43 Å². The molecule has 2 N–H and O–H groups in total. The third-order valence-electron chi connectivity index (χ3n) is 4.64. The van der Waals surface area contributed by atoms with E-state index in [-0.39, 0.29) is 5.91 Å². The highest BCUT2D eigenvalue weighted by Crippen LogP contribution is 2.21. The molecule has 3 rings (SSSR count). The first kappa shape index (κ1) is 21.8. The number of amides is 1. The first-order valence-electron chi connectivity index (χ1n) is 10.4. The number of hydrogen-bond donors (Lipinski definition) is 2. The Labute approximate surface area is 181 Å². The number of hydrazone groups is 1. The van der Waals surface area contributed by atoms with Crippen molar-refractivity contribution in [1.29, 1.82) is 0 Å². The lowest BCUT2D eigenvalue weighted by molar-refractivity contribution is 0.0950. The molecular formula is C23H28N4O2S. The SMILES string of the molecule is CCCCCCCCOc1ccc(-c2cc(C(=O)N/N=C/c3cccs3)[nH]n2)cc1. The second-order valence-corrected chi connectivity index (χ2v) is 8.00. The molecular weight excluding hydrogens is 396 g/mol. The van der Waals surface area contributed by atoms with E-state index in [0.717, 1.165) is 29.2 Å². The normalized spacial score (nSPS) is 11.1. The van der Waals surface area contributed by atoms with Gasteiger partial charge in [-0.3, -0.25) is 9.89 Å². The van der Waals surface area contributed by atoms with Gasteiger partial charge < -0.3 is 4.74 Å². The van der Waals surface area contributed by atoms with E-state index in [0.29, 0.717) is 11.4 Å². The summed E-state index contributed by atoms with van der Waals surface area (Å²) >= 11 is 1.55. The minimum Gasteiger partial charge on any atom is -0.494 e. The van der Waals surface area contributed by atoms with Gasteiger partial charge in [0.05, 0.1) is 18.5 Å². The van der Waals surface area contributed by atoms with E-state index in [4.69, 9.17) is 4.74 Å². The number of thiophene rings is 1. The second-order valence-electron chi connectivity index (χ2n) is 7.02. The first-order valence-corrected chi connectivity index (χ1v) is 11.3. The van der Waals surface area contributed by atoms with Crippen molar-refractivity contribution in [2.45, 2.75) is 45.4 Å². The van der Waals surface area contributed by atoms with Crippen molar-refractivity contribution in [2.75, 3.05) is 6.61 Å². The zero-order chi connectivity index (χ0) is 21.0. The predicted molar refractivity (Wildman–Crippen MR) is 122 cm³/mol. The number of ether oxygens (including phenoxy) is 1. The summed E-state index contributed by atoms with van der Waals surface area (Å²) in [6, 6.07) is 13.3. The van der Waals surface area contributed by atoms with Crippen LogP contribution in [0, 0.1) is 0 Å². The molecule has 0 spiro atoms. The molecule has 30 heavy (non-hydrogen) atoms. The van der Waals surface area contributed by atoms with Crippen molar-refractivity contribution >= 4 is 23.5 Å². The highest BCUT2D eigenvalue weighted by Gasteiger charge is 2.10. The lowest BCUT2D eigenvalue weighted by atomic mass is 10.1. The maximum Gasteiger partial charge on any atom is 0.289 e. The third kappa shape index (κ3) is 6.84. The summed E-state index contributed by atoms with van der Waals surface area (Å²) in [6.45, 7) is 2.97. The Balaban J connectivity index is 1.45. The molecule has 1 amide bonds. The van der Waals surface area contributed by atoms with E-state index in [1.165, 1.54) is 32.1 Å². The molecule has 3 aromatic rings. The number of aromatic amines is 1. The standard InChI is InChI=1S/C23H28N4O2S/c1-2-3-4-5-6-7-14-29-19-12-10-18(11-13-19)21-16-22(26-25-21)23(28)27-24-17-20-9-8-15-30-20/h8-13,15-17H,2-7,14H2,1H3,(H,25,26)(H,27,28)/b24-17+. The summed E-state index contributed by atoms with van der Waals surface area (Å²) < 4.78 is 5.81. The van der Waals surface area contributed by atoms with E-state index in [1.54, 1.807) is 23.6 Å². The molecule has 0 saturated carbocycles. The van der Waals surface area contributed by atoms with Crippen molar-refractivity contribution in [3.05, 3.63) is 58.4 Å². The first-order chi connectivity index (χ1) is 14.8. The van der Waals surface area contributed by atoms with Gasteiger partial charge in [0.2, 0.25) is 0 Å². The summed E-state index contributed by atoms with van der Waals surface area (Å²) in [6.07, 6.45) is 9.10. The Morgan fingerprint density at radius 1 is 1.17 bits per heavy atom. The van der Waals surface area contributed by atoms with Crippen molar-refractivity contribution in [1.82, 2.24) is 15.6 Å². The van der Waals surface area contributed by atoms with E-state index >= 15 is 0 Å². The van der Waals surface area contributed by atoms with E-state index in [2.05, 4.69) is 27.6 Å². The number of benzene rings is 1. The lowest BCUT2D eigenvalue weighted by Gasteiger charge is -2.06. The Kier molecular flexibility index (Phi) is 8.65. The minimum absolute atomic E-state index is 0.333. The molecule has 0 aliphatic rings. The molecule has 0 atom stereocenters. The van der Waals surface area contributed by atoms with Gasteiger partial charge in [-0.1, -0.05) is 45.1 Å². The van der Waals surface area contributed by atoms with E-state index in [1.807, 2.05) is 41.8 Å². The highest BCUT2D eigenvalue weighted by atomic mass is 32.1. The Bertz CT molecular complexity index is 917. The number of rotatable bonds is 12. The molecule has 0 aliphatic carbocycles. The molecule has 2 aromatic heterocycles. The number of hydrogen-bond acceptors (Lipinski definition) is 5. The predicted octanol–water partition coefficient (Wildman–Crippen LogP) is 5.64. The number of H-pyrrole nitrogens is 1. The molecule has 2 heterocycles. The molecule has 6 nitrogen and oxygen atoms in total. The number of nitrogens with zero attached hydrogens (tertiary/aromatic N) is 2. The molecule has 7 heteroatoms. The zero-order valence-electron chi connectivity index (χ0n) is 17.3. The van der Waals surface area contributed by atoms with Crippen LogP contribution < -0.4 is 10.2 Å². The van der Waals surface area contributed by atoms with Gasteiger partial charge in [-0.2, -0.15) is 10.2 Å². The van der Waals surface area contributed by atoms with Crippen LogP contribution in [0.2, 0.25) is 0 Å². The second kappa shape index (κ2) is 11.9. The van der Waals surface area contributed by atoms with Crippen molar-refractivity contribution in [3.63, 3.8) is 0 Å². The number of carbonyl (C=O) groups is 1. The fourth-order valence-electron chi connectivity index (χ4n) is 2.96. The number of carbonyl (C=O) groups excluding carboxylic acids is 1. The van der Waals surface area contributed by atoms with Crippen molar-refractivity contribution in [3.8, 4) is 17.0 Å². The quantitative estimate of drug-likeness (QED) is 0.224. The Morgan fingerprint density at radius 3 is 2.73 bits per heavy atom. The number of aromatic nitrogens is 2. The van der Waals surface area contributed by atoms with E-state index in [9.17, 15) is 4.79 Å². The summed E-state index contributed by atoms with van der Waals surface area (Å²) in [5.41, 5.74) is 4.47. The molecule has 0 aliphatic heterocycles. The van der Waals surface area contributed by atoms with Crippen molar-refractivity contribution < 1.29 is 9.53 Å². The maximum atomic E-state index is 12.2. The van der Waals surface area contributed by atoms with Crippen LogP contribution in [0.1, 0.15) is 60.8 Å². The summed E-state index contributed by atoms with van der Waals surface area (Å²) in [5, 5.41) is 12.9. The molecule has 0 radical (unpaired) electrons. The van der Waals surface area contributed by atoms with Crippen LogP contribution in [0.3, 0.4) is 0 Å². The molecule has 0 bridgehead atoms. The van der Waals surface area contributed by atoms with Crippen LogP contribution in [0.5, 0.6) is 5.75 Å². The monoisotopic (exact) mass is 424 g/mol. The Morgan fingerprint density at radius 2 is 1.97 bits per heavy atom. The summed E-state index contributed by atoms with van der Waals surface area (Å²) in [7, 11) is 0. The average molecular weight is 425 g/mol. The Hall–Kier alpha value is -2.93. The fraction of sp³-hybridized carbons (Fsp3) is 0.348. The van der Waals surface area contributed by atoms with Gasteiger partial charge in [-0.05, 0) is 48.2 Å². The van der Waals surface area contributed by atoms with Crippen LogP contribution in [0.4, 0.5) is 0 Å². The average Bonchev–Trinajstić information content (AvgIpc) is 3.46. The number of unbranched alkanes of at least 4 members (excludes halogenated alkanes) is 5. The van der Waals surface area contributed by atoms with E-state index < -0.39 is 0 Å². The van der Waals surface area contributed by atoms with Crippen LogP contribution in [0.25, 0.3) is 11.3 Å².